The number of carbonyl (C=O) groups is 2. The van der Waals surface area contributed by atoms with Crippen molar-refractivity contribution in [3.05, 3.63) is 36.5 Å². The van der Waals surface area contributed by atoms with E-state index in [1.165, 1.54) is 173 Å². The maximum Gasteiger partial charge on any atom is 0.306 e. The maximum atomic E-state index is 13.2. The monoisotopic (exact) mass is 886 g/mol. The van der Waals surface area contributed by atoms with Gasteiger partial charge in [0.2, 0.25) is 5.91 Å². The molecule has 0 aliphatic carbocycles. The Balaban J connectivity index is 4.60. The van der Waals surface area contributed by atoms with Crippen LogP contribution in [-0.2, 0) is 14.3 Å². The standard InChI is InChI=1S/C57H107NO5/c1-4-7-10-13-16-19-22-25-28-30-33-36-39-42-45-48-53(63-57(62)50-47-44-41-38-35-32-29-26-23-20-17-14-11-8-5-2)51-56(61)58-54(52-59)55(60)49-46-43-40-37-34-31-27-24-21-18-15-12-9-6-3/h16,19,25,28,33,36,53-55,59-60H,4-15,17-18,20-24,26-27,29-32,34-35,37-52H2,1-3H3,(H,58,61)/b19-16-,28-25-,36-33-. The van der Waals surface area contributed by atoms with E-state index >= 15 is 0 Å². The van der Waals surface area contributed by atoms with Gasteiger partial charge in [-0.15, -0.1) is 0 Å². The van der Waals surface area contributed by atoms with Gasteiger partial charge >= 0.3 is 5.97 Å². The molecule has 370 valence electrons. The Kier molecular flexibility index (Phi) is 49.5. The summed E-state index contributed by atoms with van der Waals surface area (Å²) in [6.45, 7) is 6.47. The van der Waals surface area contributed by atoms with Gasteiger partial charge in [-0.3, -0.25) is 9.59 Å². The van der Waals surface area contributed by atoms with Crippen molar-refractivity contribution in [1.29, 1.82) is 0 Å². The van der Waals surface area contributed by atoms with Crippen molar-refractivity contribution in [3.8, 4) is 0 Å². The van der Waals surface area contributed by atoms with Gasteiger partial charge in [-0.25, -0.2) is 0 Å². The van der Waals surface area contributed by atoms with Gasteiger partial charge in [-0.05, 0) is 64.2 Å². The fourth-order valence-corrected chi connectivity index (χ4v) is 8.50. The van der Waals surface area contributed by atoms with Crippen LogP contribution in [0.3, 0.4) is 0 Å². The van der Waals surface area contributed by atoms with Crippen molar-refractivity contribution in [2.24, 2.45) is 0 Å². The summed E-state index contributed by atoms with van der Waals surface area (Å²) in [6.07, 6.45) is 60.6. The molecule has 3 atom stereocenters. The molecule has 6 heteroatoms. The zero-order chi connectivity index (χ0) is 45.9. The van der Waals surface area contributed by atoms with Crippen LogP contribution in [0.4, 0.5) is 0 Å². The van der Waals surface area contributed by atoms with E-state index in [9.17, 15) is 19.8 Å². The normalized spacial score (nSPS) is 13.4. The molecule has 0 aromatic carbocycles. The summed E-state index contributed by atoms with van der Waals surface area (Å²) < 4.78 is 5.93. The average molecular weight is 886 g/mol. The van der Waals surface area contributed by atoms with Crippen molar-refractivity contribution in [2.45, 2.75) is 309 Å². The van der Waals surface area contributed by atoms with Crippen LogP contribution in [0.5, 0.6) is 0 Å². The first-order valence-corrected chi connectivity index (χ1v) is 27.7. The summed E-state index contributed by atoms with van der Waals surface area (Å²) in [5, 5.41) is 23.8. The van der Waals surface area contributed by atoms with Crippen LogP contribution in [0, 0.1) is 0 Å². The summed E-state index contributed by atoms with van der Waals surface area (Å²) in [5.74, 6) is -0.497. The minimum absolute atomic E-state index is 0.0559. The van der Waals surface area contributed by atoms with Gasteiger partial charge in [0, 0.05) is 6.42 Å². The number of rotatable bonds is 50. The Bertz CT molecular complexity index is 1040. The van der Waals surface area contributed by atoms with Crippen LogP contribution in [0.25, 0.3) is 0 Å². The number of carbonyl (C=O) groups excluding carboxylic acids is 2. The lowest BCUT2D eigenvalue weighted by Gasteiger charge is -2.24. The second-order valence-electron chi connectivity index (χ2n) is 19.0. The average Bonchev–Trinajstić information content (AvgIpc) is 3.28. The molecule has 0 fully saturated rings. The van der Waals surface area contributed by atoms with Crippen molar-refractivity contribution < 1.29 is 24.5 Å². The van der Waals surface area contributed by atoms with Crippen molar-refractivity contribution >= 4 is 11.9 Å². The number of hydrogen-bond acceptors (Lipinski definition) is 5. The number of ether oxygens (including phenoxy) is 1. The number of nitrogens with one attached hydrogen (secondary N) is 1. The number of allylic oxidation sites excluding steroid dienone is 6. The molecule has 0 spiro atoms. The zero-order valence-corrected chi connectivity index (χ0v) is 42.2. The fourth-order valence-electron chi connectivity index (χ4n) is 8.50. The number of aliphatic hydroxyl groups excluding tert-OH is 2. The van der Waals surface area contributed by atoms with E-state index in [0.717, 1.165) is 70.6 Å². The first-order valence-electron chi connectivity index (χ1n) is 27.7. The lowest BCUT2D eigenvalue weighted by molar-refractivity contribution is -0.151. The molecular formula is C57H107NO5. The molecule has 0 aliphatic heterocycles. The minimum atomic E-state index is -0.795. The van der Waals surface area contributed by atoms with Crippen molar-refractivity contribution in [3.63, 3.8) is 0 Å². The quantitative estimate of drug-likeness (QED) is 0.0321. The van der Waals surface area contributed by atoms with E-state index < -0.39 is 18.2 Å². The SMILES string of the molecule is CCCCC/C=C\C/C=C\C/C=C\CCCCC(CC(=O)NC(CO)C(O)CCCCCCCCCCCCCCCC)OC(=O)CCCCCCCCCCCCCCCCC. The Morgan fingerprint density at radius 1 is 0.460 bits per heavy atom. The van der Waals surface area contributed by atoms with E-state index in [1.807, 2.05) is 0 Å². The molecule has 3 N–H and O–H groups in total. The van der Waals surface area contributed by atoms with Crippen LogP contribution in [0.2, 0.25) is 0 Å². The van der Waals surface area contributed by atoms with Crippen molar-refractivity contribution in [1.82, 2.24) is 5.32 Å². The summed E-state index contributed by atoms with van der Waals surface area (Å²) in [7, 11) is 0. The van der Waals surface area contributed by atoms with Gasteiger partial charge in [0.05, 0.1) is 25.2 Å². The Labute approximate surface area is 392 Å². The van der Waals surface area contributed by atoms with Gasteiger partial charge in [0.15, 0.2) is 0 Å². The highest BCUT2D eigenvalue weighted by atomic mass is 16.5. The largest absolute Gasteiger partial charge is 0.462 e. The molecule has 1 amide bonds. The molecule has 3 unspecified atom stereocenters. The van der Waals surface area contributed by atoms with Crippen molar-refractivity contribution in [2.75, 3.05) is 6.61 Å². The van der Waals surface area contributed by atoms with Gasteiger partial charge < -0.3 is 20.3 Å². The number of hydrogen-bond donors (Lipinski definition) is 3. The molecule has 0 bridgehead atoms. The molecule has 0 rings (SSSR count). The Morgan fingerprint density at radius 2 is 0.810 bits per heavy atom. The predicted octanol–water partition coefficient (Wildman–Crippen LogP) is 16.8. The number of esters is 1. The Morgan fingerprint density at radius 3 is 1.24 bits per heavy atom. The number of amides is 1. The predicted molar refractivity (Wildman–Crippen MR) is 273 cm³/mol. The minimum Gasteiger partial charge on any atom is -0.462 e. The molecule has 0 radical (unpaired) electrons. The number of aliphatic hydroxyl groups is 2. The van der Waals surface area contributed by atoms with Gasteiger partial charge in [-0.1, -0.05) is 250 Å². The van der Waals surface area contributed by atoms with Crippen LogP contribution in [0.1, 0.15) is 290 Å². The molecule has 0 saturated carbocycles. The van der Waals surface area contributed by atoms with Crippen LogP contribution >= 0.6 is 0 Å². The summed E-state index contributed by atoms with van der Waals surface area (Å²) in [6, 6.07) is -0.711. The third kappa shape index (κ3) is 46.4. The van der Waals surface area contributed by atoms with Crippen LogP contribution in [0.15, 0.2) is 36.5 Å². The van der Waals surface area contributed by atoms with Gasteiger partial charge in [0.25, 0.3) is 0 Å². The topological polar surface area (TPSA) is 95.9 Å². The molecule has 0 saturated heterocycles. The highest BCUT2D eigenvalue weighted by molar-refractivity contribution is 5.77. The lowest BCUT2D eigenvalue weighted by atomic mass is 10.0. The van der Waals surface area contributed by atoms with E-state index in [0.29, 0.717) is 19.3 Å². The number of unbranched alkanes of at least 4 members (excludes halogenated alkanes) is 32. The van der Waals surface area contributed by atoms with E-state index in [-0.39, 0.29) is 24.9 Å². The molecule has 6 nitrogen and oxygen atoms in total. The fraction of sp³-hybridized carbons (Fsp3) is 0.860. The zero-order valence-electron chi connectivity index (χ0n) is 42.2. The maximum absolute atomic E-state index is 13.2. The first-order chi connectivity index (χ1) is 31.0. The summed E-state index contributed by atoms with van der Waals surface area (Å²) in [4.78, 5) is 26.2. The van der Waals surface area contributed by atoms with E-state index in [1.54, 1.807) is 0 Å². The molecule has 0 heterocycles. The smallest absolute Gasteiger partial charge is 0.306 e. The molecule has 0 aromatic rings. The molecular weight excluding hydrogens is 779 g/mol. The molecule has 0 aromatic heterocycles. The second kappa shape index (κ2) is 51.1. The van der Waals surface area contributed by atoms with E-state index in [4.69, 9.17) is 4.74 Å². The molecule has 63 heavy (non-hydrogen) atoms. The third-order valence-corrected chi connectivity index (χ3v) is 12.7. The first kappa shape index (κ1) is 61.1. The second-order valence-corrected chi connectivity index (χ2v) is 19.0. The van der Waals surface area contributed by atoms with Crippen LogP contribution < -0.4 is 5.32 Å². The lowest BCUT2D eigenvalue weighted by Crippen LogP contribution is -2.46. The van der Waals surface area contributed by atoms with Crippen LogP contribution in [-0.4, -0.2) is 46.9 Å². The molecule has 0 aliphatic rings. The highest BCUT2D eigenvalue weighted by Gasteiger charge is 2.24. The third-order valence-electron chi connectivity index (χ3n) is 12.7. The summed E-state index contributed by atoms with van der Waals surface area (Å²) >= 11 is 0. The van der Waals surface area contributed by atoms with Gasteiger partial charge in [-0.2, -0.15) is 0 Å². The van der Waals surface area contributed by atoms with Gasteiger partial charge in [0.1, 0.15) is 6.10 Å². The van der Waals surface area contributed by atoms with E-state index in [2.05, 4.69) is 62.5 Å². The summed E-state index contributed by atoms with van der Waals surface area (Å²) in [5.41, 5.74) is 0. The highest BCUT2D eigenvalue weighted by Crippen LogP contribution is 2.18. The Hall–Kier alpha value is -1.92.